The summed E-state index contributed by atoms with van der Waals surface area (Å²) in [6.45, 7) is 5.63. The average Bonchev–Trinajstić information content (AvgIpc) is 2.40. The van der Waals surface area contributed by atoms with Crippen LogP contribution in [0.15, 0.2) is 24.3 Å². The van der Waals surface area contributed by atoms with Gasteiger partial charge in [-0.3, -0.25) is 4.79 Å². The lowest BCUT2D eigenvalue weighted by atomic mass is 10.0. The maximum Gasteiger partial charge on any atom is 0.219 e. The van der Waals surface area contributed by atoms with Crippen molar-refractivity contribution in [3.8, 4) is 0 Å². The fourth-order valence-corrected chi connectivity index (χ4v) is 2.92. The first-order chi connectivity index (χ1) is 9.06. The molecule has 0 aromatic heterocycles. The molecule has 1 heterocycles. The van der Waals surface area contributed by atoms with Crippen LogP contribution in [0.25, 0.3) is 0 Å². The Hall–Kier alpha value is -0.620. The first-order valence-electron chi connectivity index (χ1n) is 6.83. The van der Waals surface area contributed by atoms with Crippen molar-refractivity contribution in [2.45, 2.75) is 38.8 Å². The molecular formula is C15H21IN2O. The number of likely N-dealkylation sites (tertiary alicyclic amines) is 1. The Morgan fingerprint density at radius 1 is 1.32 bits per heavy atom. The number of rotatable bonds is 3. The molecule has 0 radical (unpaired) electrons. The summed E-state index contributed by atoms with van der Waals surface area (Å²) in [6.07, 6.45) is 2.10. The standard InChI is InChI=1S/C15H21IN2O/c1-11(13-3-5-14(16)6-4-13)17-15-7-9-18(10-8-15)12(2)19/h3-6,11,15,17H,7-10H2,1-2H3. The summed E-state index contributed by atoms with van der Waals surface area (Å²) in [5.74, 6) is 0.198. The summed E-state index contributed by atoms with van der Waals surface area (Å²) in [5.41, 5.74) is 1.33. The molecule has 3 nitrogen and oxygen atoms in total. The third-order valence-corrected chi connectivity index (χ3v) is 4.52. The molecule has 1 unspecified atom stereocenters. The van der Waals surface area contributed by atoms with Crippen molar-refractivity contribution in [3.05, 3.63) is 33.4 Å². The van der Waals surface area contributed by atoms with Crippen LogP contribution in [0.5, 0.6) is 0 Å². The number of piperidine rings is 1. The van der Waals surface area contributed by atoms with Crippen molar-refractivity contribution >= 4 is 28.5 Å². The first-order valence-corrected chi connectivity index (χ1v) is 7.91. The van der Waals surface area contributed by atoms with Crippen molar-refractivity contribution in [1.82, 2.24) is 10.2 Å². The molecule has 1 atom stereocenters. The van der Waals surface area contributed by atoms with Gasteiger partial charge in [0.25, 0.3) is 0 Å². The Balaban J connectivity index is 1.85. The van der Waals surface area contributed by atoms with Gasteiger partial charge in [-0.15, -0.1) is 0 Å². The SMILES string of the molecule is CC(=O)N1CCC(NC(C)c2ccc(I)cc2)CC1. The first kappa shape index (κ1) is 14.8. The molecule has 19 heavy (non-hydrogen) atoms. The molecule has 1 aromatic rings. The minimum Gasteiger partial charge on any atom is -0.343 e. The number of hydrogen-bond donors (Lipinski definition) is 1. The van der Waals surface area contributed by atoms with Gasteiger partial charge in [-0.2, -0.15) is 0 Å². The van der Waals surface area contributed by atoms with E-state index in [-0.39, 0.29) is 5.91 Å². The quantitative estimate of drug-likeness (QED) is 0.828. The normalized spacial score (nSPS) is 18.4. The molecule has 1 aliphatic rings. The van der Waals surface area contributed by atoms with Crippen LogP contribution in [0.2, 0.25) is 0 Å². The van der Waals surface area contributed by atoms with Crippen molar-refractivity contribution in [1.29, 1.82) is 0 Å². The molecule has 104 valence electrons. The summed E-state index contributed by atoms with van der Waals surface area (Å²) < 4.78 is 1.27. The van der Waals surface area contributed by atoms with E-state index < -0.39 is 0 Å². The van der Waals surface area contributed by atoms with Crippen molar-refractivity contribution < 1.29 is 4.79 Å². The van der Waals surface area contributed by atoms with Crippen LogP contribution in [0, 0.1) is 3.57 Å². The predicted octanol–water partition coefficient (Wildman–Crippen LogP) is 2.95. The zero-order chi connectivity index (χ0) is 13.8. The van der Waals surface area contributed by atoms with Crippen molar-refractivity contribution in [3.63, 3.8) is 0 Å². The molecule has 0 spiro atoms. The molecule has 1 aliphatic heterocycles. The second-order valence-corrected chi connectivity index (χ2v) is 6.47. The summed E-state index contributed by atoms with van der Waals surface area (Å²) in [6, 6.07) is 9.54. The highest BCUT2D eigenvalue weighted by Gasteiger charge is 2.21. The Labute approximate surface area is 128 Å². The molecule has 4 heteroatoms. The van der Waals surface area contributed by atoms with Crippen LogP contribution in [-0.4, -0.2) is 29.9 Å². The number of nitrogens with zero attached hydrogens (tertiary/aromatic N) is 1. The van der Waals surface area contributed by atoms with Crippen LogP contribution >= 0.6 is 22.6 Å². The smallest absolute Gasteiger partial charge is 0.219 e. The number of carbonyl (C=O) groups is 1. The highest BCUT2D eigenvalue weighted by Crippen LogP contribution is 2.18. The minimum absolute atomic E-state index is 0.198. The molecule has 1 aromatic carbocycles. The van der Waals surface area contributed by atoms with Gasteiger partial charge < -0.3 is 10.2 Å². The second kappa shape index (κ2) is 6.70. The minimum atomic E-state index is 0.198. The lowest BCUT2D eigenvalue weighted by molar-refractivity contribution is -0.129. The lowest BCUT2D eigenvalue weighted by Crippen LogP contribution is -2.44. The van der Waals surface area contributed by atoms with Gasteiger partial charge in [0.1, 0.15) is 0 Å². The van der Waals surface area contributed by atoms with Gasteiger partial charge in [-0.25, -0.2) is 0 Å². The third-order valence-electron chi connectivity index (χ3n) is 3.80. The molecule has 0 aliphatic carbocycles. The van der Waals surface area contributed by atoms with E-state index in [1.165, 1.54) is 9.13 Å². The second-order valence-electron chi connectivity index (χ2n) is 5.22. The van der Waals surface area contributed by atoms with Crippen molar-refractivity contribution in [2.24, 2.45) is 0 Å². The maximum atomic E-state index is 11.3. The third kappa shape index (κ3) is 4.18. The lowest BCUT2D eigenvalue weighted by Gasteiger charge is -2.33. The molecule has 0 saturated carbocycles. The fourth-order valence-electron chi connectivity index (χ4n) is 2.56. The van der Waals surface area contributed by atoms with E-state index in [9.17, 15) is 4.79 Å². The van der Waals surface area contributed by atoms with Gasteiger partial charge in [0.15, 0.2) is 0 Å². The molecule has 1 saturated heterocycles. The van der Waals surface area contributed by atoms with Gasteiger partial charge in [-0.05, 0) is 60.1 Å². The Morgan fingerprint density at radius 2 is 1.89 bits per heavy atom. The van der Waals surface area contributed by atoms with Gasteiger partial charge >= 0.3 is 0 Å². The van der Waals surface area contributed by atoms with Crippen LogP contribution in [0.4, 0.5) is 0 Å². The van der Waals surface area contributed by atoms with E-state index in [1.807, 2.05) is 4.90 Å². The topological polar surface area (TPSA) is 32.3 Å². The van der Waals surface area contributed by atoms with E-state index in [1.54, 1.807) is 6.92 Å². The van der Waals surface area contributed by atoms with Gasteiger partial charge in [-0.1, -0.05) is 12.1 Å². The number of halogens is 1. The van der Waals surface area contributed by atoms with E-state index >= 15 is 0 Å². The Bertz CT molecular complexity index is 424. The van der Waals surface area contributed by atoms with Crippen molar-refractivity contribution in [2.75, 3.05) is 13.1 Å². The van der Waals surface area contributed by atoms with Crippen LogP contribution < -0.4 is 5.32 Å². The van der Waals surface area contributed by atoms with Gasteiger partial charge in [0.05, 0.1) is 0 Å². The zero-order valence-electron chi connectivity index (χ0n) is 11.5. The summed E-state index contributed by atoms with van der Waals surface area (Å²) in [7, 11) is 0. The molecule has 0 bridgehead atoms. The highest BCUT2D eigenvalue weighted by molar-refractivity contribution is 14.1. The number of benzene rings is 1. The molecular weight excluding hydrogens is 351 g/mol. The van der Waals surface area contributed by atoms with E-state index in [2.05, 4.69) is 59.1 Å². The summed E-state index contributed by atoms with van der Waals surface area (Å²) >= 11 is 2.33. The fraction of sp³-hybridized carbons (Fsp3) is 0.533. The van der Waals surface area contributed by atoms with E-state index in [0.717, 1.165) is 25.9 Å². The van der Waals surface area contributed by atoms with E-state index in [4.69, 9.17) is 0 Å². The van der Waals surface area contributed by atoms with Crippen LogP contribution in [-0.2, 0) is 4.79 Å². The number of amides is 1. The predicted molar refractivity (Wildman–Crippen MR) is 86.0 cm³/mol. The Kier molecular flexibility index (Phi) is 5.21. The Morgan fingerprint density at radius 3 is 2.42 bits per heavy atom. The van der Waals surface area contributed by atoms with Gasteiger partial charge in [0, 0.05) is 35.7 Å². The summed E-state index contributed by atoms with van der Waals surface area (Å²) in [5, 5.41) is 3.67. The molecule has 1 amide bonds. The monoisotopic (exact) mass is 372 g/mol. The van der Waals surface area contributed by atoms with Crippen LogP contribution in [0.3, 0.4) is 0 Å². The zero-order valence-corrected chi connectivity index (χ0v) is 13.7. The molecule has 1 N–H and O–H groups in total. The number of hydrogen-bond acceptors (Lipinski definition) is 2. The van der Waals surface area contributed by atoms with E-state index in [0.29, 0.717) is 12.1 Å². The average molecular weight is 372 g/mol. The number of nitrogens with one attached hydrogen (secondary N) is 1. The van der Waals surface area contributed by atoms with Gasteiger partial charge in [0.2, 0.25) is 5.91 Å². The summed E-state index contributed by atoms with van der Waals surface area (Å²) in [4.78, 5) is 13.2. The van der Waals surface area contributed by atoms with Crippen LogP contribution in [0.1, 0.15) is 38.3 Å². The number of carbonyl (C=O) groups excluding carboxylic acids is 1. The largest absolute Gasteiger partial charge is 0.343 e. The molecule has 1 fully saturated rings. The molecule has 2 rings (SSSR count). The highest BCUT2D eigenvalue weighted by atomic mass is 127. The maximum absolute atomic E-state index is 11.3.